The number of nitrogens with one attached hydrogen (secondary N) is 1. The molecule has 0 saturated carbocycles. The summed E-state index contributed by atoms with van der Waals surface area (Å²) in [6, 6.07) is 10.0. The average Bonchev–Trinajstić information content (AvgIpc) is 3.18. The summed E-state index contributed by atoms with van der Waals surface area (Å²) in [6.45, 7) is 1.44. The molecule has 1 fully saturated rings. The van der Waals surface area contributed by atoms with E-state index >= 15 is 0 Å². The van der Waals surface area contributed by atoms with Crippen molar-refractivity contribution in [2.75, 3.05) is 18.4 Å². The summed E-state index contributed by atoms with van der Waals surface area (Å²) in [5.74, 6) is -0.530. The Kier molecular flexibility index (Phi) is 5.02. The van der Waals surface area contributed by atoms with Crippen molar-refractivity contribution < 1.29 is 9.18 Å². The smallest absolute Gasteiger partial charge is 0.257 e. The van der Waals surface area contributed by atoms with Gasteiger partial charge in [-0.05, 0) is 49.2 Å². The van der Waals surface area contributed by atoms with Gasteiger partial charge in [0.2, 0.25) is 0 Å². The minimum absolute atomic E-state index is 0.109. The zero-order valence-electron chi connectivity index (χ0n) is 14.3. The topological polar surface area (TPSA) is 45.2 Å². The van der Waals surface area contributed by atoms with Crippen molar-refractivity contribution >= 4 is 55.7 Å². The van der Waals surface area contributed by atoms with Gasteiger partial charge in [0.15, 0.2) is 0 Å². The quantitative estimate of drug-likeness (QED) is 0.553. The van der Waals surface area contributed by atoms with E-state index < -0.39 is 5.82 Å². The van der Waals surface area contributed by atoms with Crippen molar-refractivity contribution in [1.82, 2.24) is 9.88 Å². The summed E-state index contributed by atoms with van der Waals surface area (Å²) in [4.78, 5) is 19.2. The molecule has 1 saturated heterocycles. The summed E-state index contributed by atoms with van der Waals surface area (Å²) in [6.07, 6.45) is 3.53. The van der Waals surface area contributed by atoms with Crippen LogP contribution in [0, 0.1) is 5.82 Å². The van der Waals surface area contributed by atoms with Crippen LogP contribution in [-0.4, -0.2) is 28.9 Å². The number of fused-ring (bicyclic) bond motifs is 1. The van der Waals surface area contributed by atoms with Crippen LogP contribution < -0.4 is 5.32 Å². The van der Waals surface area contributed by atoms with Crippen molar-refractivity contribution in [3.63, 3.8) is 0 Å². The summed E-state index contributed by atoms with van der Waals surface area (Å²) in [5.41, 5.74) is 1.88. The van der Waals surface area contributed by atoms with Gasteiger partial charge in [0.1, 0.15) is 5.82 Å². The fraction of sp³-hybridized carbons (Fsp3) is 0.200. The Bertz CT molecular complexity index is 1040. The van der Waals surface area contributed by atoms with Crippen LogP contribution in [0.15, 0.2) is 47.1 Å². The lowest BCUT2D eigenvalue weighted by Crippen LogP contribution is -2.28. The van der Waals surface area contributed by atoms with Crippen LogP contribution in [0.2, 0.25) is 5.02 Å². The number of likely N-dealkylation sites (tertiary alicyclic amines) is 1. The number of carbonyl (C=O) groups excluding carboxylic acids is 1. The molecular weight excluding hydrogens is 433 g/mol. The molecule has 1 aliphatic rings. The maximum Gasteiger partial charge on any atom is 0.257 e. The van der Waals surface area contributed by atoms with Gasteiger partial charge in [-0.3, -0.25) is 9.78 Å². The standard InChI is InChI=1S/C20H16BrClFN3O/c21-12-3-5-18(16(23)9-12)25-19-14-10-13(22)4-6-17(14)24-11-15(19)20(27)26-7-1-2-8-26/h3-6,9-11H,1-2,7-8H2,(H,24,25). The largest absolute Gasteiger partial charge is 0.352 e. The number of carbonyl (C=O) groups is 1. The predicted octanol–water partition coefficient (Wildman–Crippen LogP) is 5.77. The third kappa shape index (κ3) is 3.64. The zero-order chi connectivity index (χ0) is 19.0. The Balaban J connectivity index is 1.87. The van der Waals surface area contributed by atoms with Gasteiger partial charge in [0, 0.05) is 34.2 Å². The molecular formula is C20H16BrClFN3O. The van der Waals surface area contributed by atoms with Gasteiger partial charge in [-0.2, -0.15) is 0 Å². The fourth-order valence-electron chi connectivity index (χ4n) is 3.28. The number of hydrogen-bond donors (Lipinski definition) is 1. The zero-order valence-corrected chi connectivity index (χ0v) is 16.6. The molecule has 0 bridgehead atoms. The van der Waals surface area contributed by atoms with Gasteiger partial charge in [-0.15, -0.1) is 0 Å². The minimum atomic E-state index is -0.420. The van der Waals surface area contributed by atoms with Crippen LogP contribution in [0.1, 0.15) is 23.2 Å². The number of pyridine rings is 1. The highest BCUT2D eigenvalue weighted by Gasteiger charge is 2.24. The molecule has 0 aliphatic carbocycles. The molecule has 1 amide bonds. The molecule has 4 nitrogen and oxygen atoms in total. The van der Waals surface area contributed by atoms with E-state index in [1.807, 2.05) is 0 Å². The van der Waals surface area contributed by atoms with E-state index in [1.165, 1.54) is 6.07 Å². The number of halogens is 3. The first-order valence-corrected chi connectivity index (χ1v) is 9.79. The Labute approximate surface area is 169 Å². The van der Waals surface area contributed by atoms with Crippen LogP contribution in [0.5, 0.6) is 0 Å². The van der Waals surface area contributed by atoms with Crippen molar-refractivity contribution in [2.24, 2.45) is 0 Å². The molecule has 138 valence electrons. The lowest BCUT2D eigenvalue weighted by Gasteiger charge is -2.20. The molecule has 4 rings (SSSR count). The van der Waals surface area contributed by atoms with Gasteiger partial charge in [0.25, 0.3) is 5.91 Å². The maximum atomic E-state index is 14.4. The second-order valence-corrected chi connectivity index (χ2v) is 7.81. The SMILES string of the molecule is O=C(c1cnc2ccc(Cl)cc2c1Nc1ccc(Br)cc1F)N1CCCC1. The fourth-order valence-corrected chi connectivity index (χ4v) is 3.78. The minimum Gasteiger partial charge on any atom is -0.352 e. The first-order valence-electron chi connectivity index (χ1n) is 8.62. The lowest BCUT2D eigenvalue weighted by molar-refractivity contribution is 0.0793. The summed E-state index contributed by atoms with van der Waals surface area (Å²) >= 11 is 9.43. The Morgan fingerprint density at radius 2 is 1.96 bits per heavy atom. The van der Waals surface area contributed by atoms with Crippen molar-refractivity contribution in [3.05, 3.63) is 63.5 Å². The normalized spacial score (nSPS) is 14.0. The Morgan fingerprint density at radius 3 is 2.70 bits per heavy atom. The molecule has 27 heavy (non-hydrogen) atoms. The molecule has 1 aromatic heterocycles. The average molecular weight is 449 g/mol. The van der Waals surface area contributed by atoms with E-state index in [0.717, 1.165) is 25.9 Å². The van der Waals surface area contributed by atoms with Gasteiger partial charge < -0.3 is 10.2 Å². The van der Waals surface area contributed by atoms with Crippen LogP contribution in [0.4, 0.5) is 15.8 Å². The van der Waals surface area contributed by atoms with Crippen LogP contribution in [-0.2, 0) is 0 Å². The van der Waals surface area contributed by atoms with Crippen LogP contribution >= 0.6 is 27.5 Å². The first kappa shape index (κ1) is 18.2. The van der Waals surface area contributed by atoms with E-state index in [4.69, 9.17) is 11.6 Å². The molecule has 3 aromatic rings. The van der Waals surface area contributed by atoms with E-state index in [0.29, 0.717) is 31.6 Å². The molecule has 0 unspecified atom stereocenters. The van der Waals surface area contributed by atoms with Crippen LogP contribution in [0.3, 0.4) is 0 Å². The molecule has 1 N–H and O–H groups in total. The highest BCUT2D eigenvalue weighted by Crippen LogP contribution is 2.33. The number of hydrogen-bond acceptors (Lipinski definition) is 3. The Hall–Kier alpha value is -2.18. The van der Waals surface area contributed by atoms with Crippen LogP contribution in [0.25, 0.3) is 10.9 Å². The van der Waals surface area contributed by atoms with Gasteiger partial charge in [-0.1, -0.05) is 27.5 Å². The summed E-state index contributed by atoms with van der Waals surface area (Å²) in [7, 11) is 0. The molecule has 2 heterocycles. The number of anilines is 2. The maximum absolute atomic E-state index is 14.4. The number of amides is 1. The van der Waals surface area contributed by atoms with E-state index in [2.05, 4.69) is 26.2 Å². The van der Waals surface area contributed by atoms with Gasteiger partial charge in [-0.25, -0.2) is 4.39 Å². The summed E-state index contributed by atoms with van der Waals surface area (Å²) < 4.78 is 15.1. The lowest BCUT2D eigenvalue weighted by atomic mass is 10.1. The van der Waals surface area contributed by atoms with E-state index in [-0.39, 0.29) is 11.6 Å². The highest BCUT2D eigenvalue weighted by molar-refractivity contribution is 9.10. The monoisotopic (exact) mass is 447 g/mol. The number of nitrogens with zero attached hydrogens (tertiary/aromatic N) is 2. The molecule has 2 aromatic carbocycles. The third-order valence-electron chi connectivity index (χ3n) is 4.64. The third-order valence-corrected chi connectivity index (χ3v) is 5.37. The molecule has 0 radical (unpaired) electrons. The second-order valence-electron chi connectivity index (χ2n) is 6.46. The number of rotatable bonds is 3. The second kappa shape index (κ2) is 7.44. The van der Waals surface area contributed by atoms with Crippen molar-refractivity contribution in [2.45, 2.75) is 12.8 Å². The van der Waals surface area contributed by atoms with Gasteiger partial charge in [0.05, 0.1) is 22.5 Å². The number of aromatic nitrogens is 1. The molecule has 0 spiro atoms. The molecule has 1 aliphatic heterocycles. The van der Waals surface area contributed by atoms with Gasteiger partial charge >= 0.3 is 0 Å². The summed E-state index contributed by atoms with van der Waals surface area (Å²) in [5, 5.41) is 4.30. The molecule has 0 atom stereocenters. The van der Waals surface area contributed by atoms with E-state index in [1.54, 1.807) is 41.4 Å². The van der Waals surface area contributed by atoms with E-state index in [9.17, 15) is 9.18 Å². The van der Waals surface area contributed by atoms with Crippen molar-refractivity contribution in [1.29, 1.82) is 0 Å². The van der Waals surface area contributed by atoms with Crippen molar-refractivity contribution in [3.8, 4) is 0 Å². The molecule has 7 heteroatoms. The Morgan fingerprint density at radius 1 is 1.19 bits per heavy atom. The number of benzene rings is 2. The highest BCUT2D eigenvalue weighted by atomic mass is 79.9. The predicted molar refractivity (Wildman–Crippen MR) is 109 cm³/mol. The first-order chi connectivity index (χ1) is 13.0.